The maximum absolute atomic E-state index is 2.60. The zero-order chi connectivity index (χ0) is 14.0. The van der Waals surface area contributed by atoms with Gasteiger partial charge >= 0.3 is 0 Å². The van der Waals surface area contributed by atoms with Crippen molar-refractivity contribution in [2.45, 2.75) is 66.7 Å². The van der Waals surface area contributed by atoms with E-state index >= 15 is 0 Å². The topological polar surface area (TPSA) is 0 Å². The molecule has 108 valence electrons. The lowest BCUT2D eigenvalue weighted by Gasteiger charge is -2.39. The van der Waals surface area contributed by atoms with Gasteiger partial charge in [-0.15, -0.1) is 0 Å². The molecule has 3 rings (SSSR count). The lowest BCUT2D eigenvalue weighted by atomic mass is 9.66. The van der Waals surface area contributed by atoms with E-state index in [0.717, 1.165) is 23.7 Å². The zero-order valence-corrected chi connectivity index (χ0v) is 13.6. The molecule has 3 aliphatic rings. The third-order valence-electron chi connectivity index (χ3n) is 5.76. The van der Waals surface area contributed by atoms with Crippen molar-refractivity contribution in [3.8, 4) is 0 Å². The van der Waals surface area contributed by atoms with Gasteiger partial charge in [0.05, 0.1) is 0 Å². The van der Waals surface area contributed by atoms with E-state index < -0.39 is 0 Å². The summed E-state index contributed by atoms with van der Waals surface area (Å²) in [5.41, 5.74) is 2.04. The summed E-state index contributed by atoms with van der Waals surface area (Å²) < 4.78 is 0. The van der Waals surface area contributed by atoms with Crippen LogP contribution >= 0.6 is 0 Å². The predicted molar refractivity (Wildman–Crippen MR) is 85.1 cm³/mol. The van der Waals surface area contributed by atoms with Crippen molar-refractivity contribution in [3.63, 3.8) is 0 Å². The highest BCUT2D eigenvalue weighted by molar-refractivity contribution is 5.36. The van der Waals surface area contributed by atoms with Crippen molar-refractivity contribution in [1.82, 2.24) is 0 Å². The minimum absolute atomic E-state index is 0.407. The predicted octanol–water partition coefficient (Wildman–Crippen LogP) is 6.00. The molecule has 0 heterocycles. The molecule has 2 fully saturated rings. The second kappa shape index (κ2) is 5.85. The van der Waals surface area contributed by atoms with Crippen molar-refractivity contribution in [1.29, 1.82) is 0 Å². The minimum Gasteiger partial charge on any atom is -0.0802 e. The molecular weight excluding hydrogens is 228 g/mol. The van der Waals surface area contributed by atoms with Crippen LogP contribution in [-0.2, 0) is 0 Å². The Morgan fingerprint density at radius 1 is 1.00 bits per heavy atom. The first-order valence-electron chi connectivity index (χ1n) is 8.51. The van der Waals surface area contributed by atoms with Crippen molar-refractivity contribution < 1.29 is 0 Å². The van der Waals surface area contributed by atoms with Crippen molar-refractivity contribution in [2.24, 2.45) is 29.1 Å². The molecule has 3 atom stereocenters. The van der Waals surface area contributed by atoms with Crippen LogP contribution in [0, 0.1) is 29.1 Å². The summed E-state index contributed by atoms with van der Waals surface area (Å²) in [7, 11) is 0. The first-order chi connectivity index (χ1) is 9.10. The number of hydrogen-bond acceptors (Lipinski definition) is 0. The van der Waals surface area contributed by atoms with Gasteiger partial charge < -0.3 is 0 Å². The molecule has 2 saturated carbocycles. The van der Waals surface area contributed by atoms with Crippen LogP contribution in [-0.4, -0.2) is 0 Å². The fraction of sp³-hybridized carbons (Fsp3) is 0.789. The quantitative estimate of drug-likeness (QED) is 0.571. The third-order valence-corrected chi connectivity index (χ3v) is 5.76. The standard InChI is InChI=1S/C17H26.C2H6/c1-12-15-10-9-14(11-16(12)15)17(2,3)13-7-5-4-6-8-13;1-2/h9-13,15-16H,4-8H2,1-3H3;1-2H3. The summed E-state index contributed by atoms with van der Waals surface area (Å²) in [5, 5.41) is 0. The molecule has 19 heavy (non-hydrogen) atoms. The highest BCUT2D eigenvalue weighted by Gasteiger charge is 2.46. The Hall–Kier alpha value is -0.520. The largest absolute Gasteiger partial charge is 0.0802 e. The molecule has 0 spiro atoms. The summed E-state index contributed by atoms with van der Waals surface area (Å²) in [4.78, 5) is 0. The summed E-state index contributed by atoms with van der Waals surface area (Å²) >= 11 is 0. The molecule has 3 unspecified atom stereocenters. The summed E-state index contributed by atoms with van der Waals surface area (Å²) in [6.45, 7) is 11.4. The first kappa shape index (κ1) is 14.9. The lowest BCUT2D eigenvalue weighted by Crippen LogP contribution is -2.28. The Bertz CT molecular complexity index is 352. The third kappa shape index (κ3) is 2.83. The van der Waals surface area contributed by atoms with Gasteiger partial charge in [-0.2, -0.15) is 0 Å². The molecule has 0 N–H and O–H groups in total. The van der Waals surface area contributed by atoms with Gasteiger partial charge in [-0.1, -0.05) is 72.1 Å². The van der Waals surface area contributed by atoms with E-state index in [1.54, 1.807) is 5.57 Å². The van der Waals surface area contributed by atoms with Crippen LogP contribution in [0.4, 0.5) is 0 Å². The van der Waals surface area contributed by atoms with Crippen LogP contribution < -0.4 is 0 Å². The molecule has 0 saturated heterocycles. The monoisotopic (exact) mass is 260 g/mol. The Labute approximate surface area is 120 Å². The van der Waals surface area contributed by atoms with E-state index in [1.165, 1.54) is 32.1 Å². The SMILES string of the molecule is CC.CC1C2C=CC(C(C)(C)C3CCCCC3)=CC12. The Kier molecular flexibility index (Phi) is 4.58. The number of allylic oxidation sites excluding steroid dienone is 4. The first-order valence-corrected chi connectivity index (χ1v) is 8.51. The van der Waals surface area contributed by atoms with Crippen LogP contribution in [0.1, 0.15) is 66.7 Å². The molecule has 0 radical (unpaired) electrons. The van der Waals surface area contributed by atoms with Gasteiger partial charge in [0.25, 0.3) is 0 Å². The van der Waals surface area contributed by atoms with Crippen LogP contribution in [0.25, 0.3) is 0 Å². The van der Waals surface area contributed by atoms with Crippen LogP contribution in [0.3, 0.4) is 0 Å². The van der Waals surface area contributed by atoms with E-state index in [0.29, 0.717) is 5.41 Å². The fourth-order valence-electron chi connectivity index (χ4n) is 4.06. The summed E-state index contributed by atoms with van der Waals surface area (Å²) in [6, 6.07) is 0. The molecule has 0 heteroatoms. The second-order valence-corrected chi connectivity index (χ2v) is 7.05. The van der Waals surface area contributed by atoms with Gasteiger partial charge in [0.15, 0.2) is 0 Å². The summed E-state index contributed by atoms with van der Waals surface area (Å²) in [6.07, 6.45) is 14.8. The highest BCUT2D eigenvalue weighted by Crippen LogP contribution is 2.54. The van der Waals surface area contributed by atoms with Gasteiger partial charge in [0.1, 0.15) is 0 Å². The number of hydrogen-bond donors (Lipinski definition) is 0. The average Bonchev–Trinajstić information content (AvgIpc) is 3.12. The smallest absolute Gasteiger partial charge is 0.00785 e. The normalized spacial score (nSPS) is 33.9. The van der Waals surface area contributed by atoms with Gasteiger partial charge in [-0.25, -0.2) is 0 Å². The van der Waals surface area contributed by atoms with Gasteiger partial charge in [0, 0.05) is 0 Å². The maximum Gasteiger partial charge on any atom is -0.00785 e. The zero-order valence-electron chi connectivity index (χ0n) is 13.6. The van der Waals surface area contributed by atoms with Gasteiger partial charge in [0.2, 0.25) is 0 Å². The molecule has 3 aliphatic carbocycles. The van der Waals surface area contributed by atoms with E-state index in [1.807, 2.05) is 13.8 Å². The Morgan fingerprint density at radius 3 is 2.21 bits per heavy atom. The summed E-state index contributed by atoms with van der Waals surface area (Å²) in [5.74, 6) is 3.57. The van der Waals surface area contributed by atoms with E-state index in [9.17, 15) is 0 Å². The average molecular weight is 260 g/mol. The van der Waals surface area contributed by atoms with Crippen LogP contribution in [0.5, 0.6) is 0 Å². The molecule has 0 aromatic heterocycles. The molecule has 0 nitrogen and oxygen atoms in total. The number of rotatable bonds is 2. The van der Waals surface area contributed by atoms with Crippen LogP contribution in [0.15, 0.2) is 23.8 Å². The van der Waals surface area contributed by atoms with E-state index in [-0.39, 0.29) is 0 Å². The Morgan fingerprint density at radius 2 is 1.63 bits per heavy atom. The molecular formula is C19H32. The van der Waals surface area contributed by atoms with Gasteiger partial charge in [-0.3, -0.25) is 0 Å². The van der Waals surface area contributed by atoms with Crippen LogP contribution in [0.2, 0.25) is 0 Å². The van der Waals surface area contributed by atoms with Crippen molar-refractivity contribution in [2.75, 3.05) is 0 Å². The second-order valence-electron chi connectivity index (χ2n) is 7.05. The number of fused-ring (bicyclic) bond motifs is 1. The van der Waals surface area contributed by atoms with Crippen molar-refractivity contribution >= 4 is 0 Å². The molecule has 0 aliphatic heterocycles. The van der Waals surface area contributed by atoms with E-state index in [4.69, 9.17) is 0 Å². The lowest BCUT2D eigenvalue weighted by molar-refractivity contribution is 0.200. The molecule has 0 bridgehead atoms. The Balaban J connectivity index is 0.000000637. The van der Waals surface area contributed by atoms with Gasteiger partial charge in [-0.05, 0) is 47.5 Å². The maximum atomic E-state index is 2.60. The fourth-order valence-corrected chi connectivity index (χ4v) is 4.06. The minimum atomic E-state index is 0.407. The molecule has 0 aromatic carbocycles. The van der Waals surface area contributed by atoms with E-state index in [2.05, 4.69) is 39.0 Å². The van der Waals surface area contributed by atoms with Crippen molar-refractivity contribution in [3.05, 3.63) is 23.8 Å². The molecule has 0 aromatic rings. The molecule has 0 amide bonds. The highest BCUT2D eigenvalue weighted by atomic mass is 14.5.